The second-order valence-corrected chi connectivity index (χ2v) is 9.58. The van der Waals surface area contributed by atoms with Gasteiger partial charge in [-0.2, -0.15) is 5.10 Å². The van der Waals surface area contributed by atoms with Crippen LogP contribution in [0.2, 0.25) is 10.0 Å². The van der Waals surface area contributed by atoms with Gasteiger partial charge in [0.2, 0.25) is 0 Å². The molecule has 34 heavy (non-hydrogen) atoms. The molecular weight excluding hydrogens is 503 g/mol. The van der Waals surface area contributed by atoms with Crippen LogP contribution in [0.4, 0.5) is 11.4 Å². The number of sulfonamides is 1. The van der Waals surface area contributed by atoms with Crippen LogP contribution < -0.4 is 9.73 Å². The van der Waals surface area contributed by atoms with Gasteiger partial charge in [0.25, 0.3) is 21.6 Å². The maximum atomic E-state index is 13.3. The van der Waals surface area contributed by atoms with E-state index in [1.54, 1.807) is 25.1 Å². The van der Waals surface area contributed by atoms with E-state index in [0.29, 0.717) is 11.3 Å². The summed E-state index contributed by atoms with van der Waals surface area (Å²) in [5, 5.41) is 14.9. The van der Waals surface area contributed by atoms with Crippen molar-refractivity contribution in [1.29, 1.82) is 0 Å². The lowest BCUT2D eigenvalue weighted by atomic mass is 10.1. The summed E-state index contributed by atoms with van der Waals surface area (Å²) in [4.78, 5) is 22.9. The van der Waals surface area contributed by atoms with Crippen molar-refractivity contribution in [2.24, 2.45) is 5.10 Å². The van der Waals surface area contributed by atoms with Crippen molar-refractivity contribution in [3.8, 4) is 0 Å². The second-order valence-electron chi connectivity index (χ2n) is 6.93. The summed E-state index contributed by atoms with van der Waals surface area (Å²) in [5.74, 6) is -0.739. The number of rotatable bonds is 8. The molecule has 0 aliphatic rings. The fraction of sp³-hybridized carbons (Fsp3) is 0.0909. The van der Waals surface area contributed by atoms with Gasteiger partial charge in [-0.25, -0.2) is 13.8 Å². The van der Waals surface area contributed by atoms with E-state index in [1.165, 1.54) is 54.6 Å². The van der Waals surface area contributed by atoms with Crippen LogP contribution in [0, 0.1) is 10.1 Å². The molecule has 0 heterocycles. The van der Waals surface area contributed by atoms with Crippen LogP contribution in [-0.2, 0) is 14.8 Å². The van der Waals surface area contributed by atoms with Crippen molar-refractivity contribution < 1.29 is 18.1 Å². The molecule has 0 aliphatic heterocycles. The van der Waals surface area contributed by atoms with Crippen molar-refractivity contribution in [2.45, 2.75) is 11.8 Å². The van der Waals surface area contributed by atoms with Gasteiger partial charge in [0.1, 0.15) is 6.54 Å². The Kier molecular flexibility index (Phi) is 7.87. The number of halogens is 2. The molecule has 1 N–H and O–H groups in total. The molecule has 3 aromatic rings. The summed E-state index contributed by atoms with van der Waals surface area (Å²) >= 11 is 12.3. The first-order valence-corrected chi connectivity index (χ1v) is 11.9. The zero-order valence-corrected chi connectivity index (χ0v) is 20.0. The number of anilines is 1. The molecule has 0 unspecified atom stereocenters. The number of nitro benzene ring substituents is 1. The lowest BCUT2D eigenvalue weighted by molar-refractivity contribution is -0.384. The molecule has 0 aromatic heterocycles. The summed E-state index contributed by atoms with van der Waals surface area (Å²) < 4.78 is 27.5. The Morgan fingerprint density at radius 3 is 2.29 bits per heavy atom. The monoisotopic (exact) mass is 520 g/mol. The molecule has 0 saturated carbocycles. The van der Waals surface area contributed by atoms with Crippen LogP contribution in [0.3, 0.4) is 0 Å². The lowest BCUT2D eigenvalue weighted by Crippen LogP contribution is -2.40. The average molecular weight is 521 g/mol. The molecule has 0 bridgehead atoms. The van der Waals surface area contributed by atoms with E-state index in [2.05, 4.69) is 10.5 Å². The topological polar surface area (TPSA) is 122 Å². The molecule has 0 aliphatic carbocycles. The van der Waals surface area contributed by atoms with Gasteiger partial charge in [0.05, 0.1) is 31.3 Å². The number of benzene rings is 3. The number of hydrogen-bond donors (Lipinski definition) is 1. The summed E-state index contributed by atoms with van der Waals surface area (Å²) in [6, 6.07) is 17.6. The van der Waals surface area contributed by atoms with Crippen molar-refractivity contribution in [1.82, 2.24) is 5.43 Å². The molecule has 3 aromatic carbocycles. The Morgan fingerprint density at radius 2 is 1.68 bits per heavy atom. The van der Waals surface area contributed by atoms with Gasteiger partial charge in [0, 0.05) is 12.1 Å². The Hall–Kier alpha value is -3.47. The average Bonchev–Trinajstić information content (AvgIpc) is 2.83. The van der Waals surface area contributed by atoms with Gasteiger partial charge in [-0.05, 0) is 48.9 Å². The normalized spacial score (nSPS) is 11.7. The lowest BCUT2D eigenvalue weighted by Gasteiger charge is -2.25. The molecule has 0 saturated heterocycles. The largest absolute Gasteiger partial charge is 0.271 e. The second kappa shape index (κ2) is 10.6. The molecule has 0 atom stereocenters. The molecule has 0 fully saturated rings. The zero-order valence-electron chi connectivity index (χ0n) is 17.7. The van der Waals surface area contributed by atoms with Crippen LogP contribution in [0.25, 0.3) is 0 Å². The Bertz CT molecular complexity index is 1350. The number of hydrazone groups is 1. The van der Waals surface area contributed by atoms with Gasteiger partial charge in [0.15, 0.2) is 0 Å². The summed E-state index contributed by atoms with van der Waals surface area (Å²) in [6.07, 6.45) is 0. The zero-order chi connectivity index (χ0) is 24.9. The van der Waals surface area contributed by atoms with Crippen LogP contribution in [-0.4, -0.2) is 31.5 Å². The predicted molar refractivity (Wildman–Crippen MR) is 131 cm³/mol. The Labute approximate surface area is 205 Å². The minimum Gasteiger partial charge on any atom is -0.271 e. The standard InChI is InChI=1S/C22H18Cl2N4O5S/c1-15(16-10-12-17(13-11-16)28(30)31)25-26-21(29)14-27(20-9-5-8-19(23)22(20)24)34(32,33)18-6-3-2-4-7-18/h2-13H,14H2,1H3,(H,26,29)/b25-15+. The van der Waals surface area contributed by atoms with E-state index < -0.39 is 27.4 Å². The SMILES string of the molecule is C/C(=N\NC(=O)CN(c1cccc(Cl)c1Cl)S(=O)(=O)c1ccccc1)c1ccc([N+](=O)[O-])cc1. The highest BCUT2D eigenvalue weighted by atomic mass is 35.5. The molecule has 176 valence electrons. The molecule has 3 rings (SSSR count). The number of nitrogens with one attached hydrogen (secondary N) is 1. The van der Waals surface area contributed by atoms with Crippen LogP contribution in [0.15, 0.2) is 82.8 Å². The third-order valence-electron chi connectivity index (χ3n) is 4.66. The minimum absolute atomic E-state index is 0.0259. The van der Waals surface area contributed by atoms with Crippen molar-refractivity contribution >= 4 is 56.2 Å². The third kappa shape index (κ3) is 5.71. The molecule has 9 nitrogen and oxygen atoms in total. The maximum Gasteiger partial charge on any atom is 0.269 e. The van der Waals surface area contributed by atoms with E-state index in [-0.39, 0.29) is 26.3 Å². The fourth-order valence-corrected chi connectivity index (χ4v) is 4.81. The predicted octanol–water partition coefficient (Wildman–Crippen LogP) is 4.64. The molecule has 1 amide bonds. The van der Waals surface area contributed by atoms with E-state index in [9.17, 15) is 23.3 Å². The fourth-order valence-electron chi connectivity index (χ4n) is 2.91. The first-order chi connectivity index (χ1) is 16.1. The number of non-ortho nitro benzene ring substituents is 1. The van der Waals surface area contributed by atoms with Crippen LogP contribution in [0.5, 0.6) is 0 Å². The van der Waals surface area contributed by atoms with Gasteiger partial charge < -0.3 is 0 Å². The summed E-state index contributed by atoms with van der Waals surface area (Å²) in [5.41, 5.74) is 3.16. The van der Waals surface area contributed by atoms with Crippen LogP contribution in [0.1, 0.15) is 12.5 Å². The molecule has 12 heteroatoms. The Balaban J connectivity index is 1.87. The highest BCUT2D eigenvalue weighted by molar-refractivity contribution is 7.92. The highest BCUT2D eigenvalue weighted by Gasteiger charge is 2.29. The summed E-state index contributed by atoms with van der Waals surface area (Å²) in [6.45, 7) is 0.960. The number of amides is 1. The number of carbonyl (C=O) groups excluding carboxylic acids is 1. The number of nitrogens with zero attached hydrogens (tertiary/aromatic N) is 3. The first kappa shape index (κ1) is 25.2. The van der Waals surface area contributed by atoms with Gasteiger partial charge >= 0.3 is 0 Å². The van der Waals surface area contributed by atoms with Crippen molar-refractivity contribution in [3.63, 3.8) is 0 Å². The minimum atomic E-state index is -4.17. The molecule has 0 radical (unpaired) electrons. The number of hydrogen-bond acceptors (Lipinski definition) is 6. The smallest absolute Gasteiger partial charge is 0.269 e. The molecular formula is C22H18Cl2N4O5S. The van der Waals surface area contributed by atoms with Crippen LogP contribution >= 0.6 is 23.2 Å². The van der Waals surface area contributed by atoms with Crippen molar-refractivity contribution in [3.05, 3.63) is 98.5 Å². The van der Waals surface area contributed by atoms with Gasteiger partial charge in [-0.3, -0.25) is 19.2 Å². The molecule has 0 spiro atoms. The van der Waals surface area contributed by atoms with E-state index in [1.807, 2.05) is 0 Å². The number of nitro groups is 1. The van der Waals surface area contributed by atoms with Crippen molar-refractivity contribution in [2.75, 3.05) is 10.8 Å². The van der Waals surface area contributed by atoms with E-state index in [0.717, 1.165) is 4.31 Å². The van der Waals surface area contributed by atoms with Gasteiger partial charge in [-0.15, -0.1) is 0 Å². The maximum absolute atomic E-state index is 13.3. The summed E-state index contributed by atoms with van der Waals surface area (Å²) in [7, 11) is -4.17. The number of carbonyl (C=O) groups is 1. The third-order valence-corrected chi connectivity index (χ3v) is 7.25. The first-order valence-electron chi connectivity index (χ1n) is 9.71. The quantitative estimate of drug-likeness (QED) is 0.263. The van der Waals surface area contributed by atoms with E-state index >= 15 is 0 Å². The highest BCUT2D eigenvalue weighted by Crippen LogP contribution is 2.35. The van der Waals surface area contributed by atoms with Gasteiger partial charge in [-0.1, -0.05) is 47.5 Å². The van der Waals surface area contributed by atoms with E-state index in [4.69, 9.17) is 23.2 Å². The Morgan fingerprint density at radius 1 is 1.03 bits per heavy atom.